The zero-order valence-electron chi connectivity index (χ0n) is 11.4. The van der Waals surface area contributed by atoms with Gasteiger partial charge < -0.3 is 10.2 Å². The van der Waals surface area contributed by atoms with Crippen LogP contribution in [0.2, 0.25) is 0 Å². The summed E-state index contributed by atoms with van der Waals surface area (Å²) in [4.78, 5) is 14.4. The Bertz CT molecular complexity index is 611. The second kappa shape index (κ2) is 5.20. The number of anilines is 2. The lowest BCUT2D eigenvalue weighted by atomic mass is 9.99. The molecule has 20 heavy (non-hydrogen) atoms. The predicted octanol–water partition coefficient (Wildman–Crippen LogP) is 2.64. The van der Waals surface area contributed by atoms with E-state index >= 15 is 0 Å². The third kappa shape index (κ3) is 2.27. The Kier molecular flexibility index (Phi) is 3.40. The maximum atomic E-state index is 12.6. The van der Waals surface area contributed by atoms with Gasteiger partial charge >= 0.3 is 0 Å². The van der Waals surface area contributed by atoms with Crippen molar-refractivity contribution in [3.8, 4) is 0 Å². The maximum Gasteiger partial charge on any atom is 0.279 e. The van der Waals surface area contributed by atoms with Crippen molar-refractivity contribution >= 4 is 29.0 Å². The minimum absolute atomic E-state index is 0.0849. The number of rotatable bonds is 2. The molecule has 0 unspecified atom stereocenters. The molecule has 0 saturated heterocycles. The minimum Gasteiger partial charge on any atom is -0.379 e. The van der Waals surface area contributed by atoms with E-state index in [1.165, 1.54) is 6.20 Å². The van der Waals surface area contributed by atoms with Crippen molar-refractivity contribution in [1.82, 2.24) is 8.75 Å². The summed E-state index contributed by atoms with van der Waals surface area (Å²) in [6, 6.07) is 8.11. The molecular weight excluding hydrogens is 272 g/mol. The highest BCUT2D eigenvalue weighted by molar-refractivity contribution is 6.99. The van der Waals surface area contributed by atoms with Gasteiger partial charge in [-0.3, -0.25) is 4.79 Å². The number of fused-ring (bicyclic) bond motifs is 1. The van der Waals surface area contributed by atoms with Crippen LogP contribution in [-0.4, -0.2) is 27.2 Å². The van der Waals surface area contributed by atoms with E-state index in [0.29, 0.717) is 18.2 Å². The summed E-state index contributed by atoms with van der Waals surface area (Å²) in [5, 5.41) is 3.50. The van der Waals surface area contributed by atoms with Gasteiger partial charge in [-0.05, 0) is 18.1 Å². The maximum absolute atomic E-state index is 12.6. The highest BCUT2D eigenvalue weighted by atomic mass is 32.1. The van der Waals surface area contributed by atoms with Gasteiger partial charge in [-0.25, -0.2) is 0 Å². The highest BCUT2D eigenvalue weighted by Crippen LogP contribution is 2.33. The summed E-state index contributed by atoms with van der Waals surface area (Å²) < 4.78 is 7.97. The van der Waals surface area contributed by atoms with Crippen LogP contribution in [0.5, 0.6) is 0 Å². The lowest BCUT2D eigenvalue weighted by molar-refractivity contribution is 0.0980. The van der Waals surface area contributed by atoms with Crippen LogP contribution in [0.3, 0.4) is 0 Å². The first kappa shape index (κ1) is 13.1. The largest absolute Gasteiger partial charge is 0.379 e. The minimum atomic E-state index is -0.0849. The summed E-state index contributed by atoms with van der Waals surface area (Å²) in [6.45, 7) is 4.95. The van der Waals surface area contributed by atoms with Gasteiger partial charge in [0.05, 0.1) is 29.3 Å². The monoisotopic (exact) mass is 288 g/mol. The van der Waals surface area contributed by atoms with E-state index in [4.69, 9.17) is 0 Å². The molecule has 0 aliphatic carbocycles. The first-order chi connectivity index (χ1) is 9.66. The molecule has 0 saturated carbocycles. The van der Waals surface area contributed by atoms with Crippen LogP contribution in [0.15, 0.2) is 30.5 Å². The van der Waals surface area contributed by atoms with Crippen molar-refractivity contribution in [3.05, 3.63) is 36.2 Å². The van der Waals surface area contributed by atoms with Crippen LogP contribution in [0.4, 0.5) is 11.4 Å². The van der Waals surface area contributed by atoms with Crippen molar-refractivity contribution in [2.75, 3.05) is 16.8 Å². The Labute approximate surface area is 122 Å². The molecule has 1 N–H and O–H groups in total. The van der Waals surface area contributed by atoms with Crippen molar-refractivity contribution in [2.45, 2.75) is 19.9 Å². The number of hydrogen-bond acceptors (Lipinski definition) is 5. The average Bonchev–Trinajstić information content (AvgIpc) is 2.99. The van der Waals surface area contributed by atoms with Crippen LogP contribution in [0, 0.1) is 5.92 Å². The summed E-state index contributed by atoms with van der Waals surface area (Å²) in [5.41, 5.74) is 2.31. The Morgan fingerprint density at radius 3 is 2.95 bits per heavy atom. The van der Waals surface area contributed by atoms with Crippen molar-refractivity contribution in [1.29, 1.82) is 0 Å². The molecule has 1 atom stereocenters. The molecule has 1 aromatic heterocycles. The quantitative estimate of drug-likeness (QED) is 0.923. The van der Waals surface area contributed by atoms with Gasteiger partial charge in [0, 0.05) is 12.6 Å². The molecule has 2 aromatic rings. The number of nitrogens with one attached hydrogen (secondary N) is 1. The van der Waals surface area contributed by atoms with Crippen molar-refractivity contribution in [3.63, 3.8) is 0 Å². The number of nitrogens with zero attached hydrogens (tertiary/aromatic N) is 3. The summed E-state index contributed by atoms with van der Waals surface area (Å²) >= 11 is 1.06. The Morgan fingerprint density at radius 1 is 1.45 bits per heavy atom. The lowest BCUT2D eigenvalue weighted by Gasteiger charge is -2.37. The average molecular weight is 288 g/mol. The smallest absolute Gasteiger partial charge is 0.279 e. The second-order valence-corrected chi connectivity index (χ2v) is 5.78. The number of amides is 1. The van der Waals surface area contributed by atoms with Crippen LogP contribution in [0.25, 0.3) is 0 Å². The molecule has 1 amide bonds. The first-order valence-electron chi connectivity index (χ1n) is 6.62. The fraction of sp³-hybridized carbons (Fsp3) is 0.357. The molecule has 1 aromatic carbocycles. The highest BCUT2D eigenvalue weighted by Gasteiger charge is 2.30. The Balaban J connectivity index is 1.99. The van der Waals surface area contributed by atoms with Gasteiger partial charge in [-0.15, -0.1) is 0 Å². The molecular formula is C14H16N4OS. The molecule has 2 heterocycles. The van der Waals surface area contributed by atoms with E-state index in [1.807, 2.05) is 24.3 Å². The normalized spacial score (nSPS) is 17.8. The van der Waals surface area contributed by atoms with Crippen molar-refractivity contribution in [2.24, 2.45) is 5.92 Å². The summed E-state index contributed by atoms with van der Waals surface area (Å²) in [7, 11) is 0. The zero-order valence-corrected chi connectivity index (χ0v) is 12.2. The van der Waals surface area contributed by atoms with Crippen LogP contribution >= 0.6 is 11.7 Å². The topological polar surface area (TPSA) is 58.1 Å². The zero-order chi connectivity index (χ0) is 14.1. The van der Waals surface area contributed by atoms with Gasteiger partial charge in [-0.1, -0.05) is 26.0 Å². The molecule has 1 aliphatic rings. The van der Waals surface area contributed by atoms with Crippen LogP contribution in [0.1, 0.15) is 24.3 Å². The fourth-order valence-electron chi connectivity index (χ4n) is 2.34. The number of hydrogen-bond donors (Lipinski definition) is 1. The molecule has 1 aliphatic heterocycles. The summed E-state index contributed by atoms with van der Waals surface area (Å²) in [5.74, 6) is 0.352. The predicted molar refractivity (Wildman–Crippen MR) is 80.3 cm³/mol. The fourth-order valence-corrected chi connectivity index (χ4v) is 2.75. The van der Waals surface area contributed by atoms with Gasteiger partial charge in [-0.2, -0.15) is 8.75 Å². The third-order valence-electron chi connectivity index (χ3n) is 3.55. The SMILES string of the molecule is CC(C)[C@H]1CN(C(=O)c2cnsn2)c2ccccc2N1. The standard InChI is InChI=1S/C14H16N4OS/c1-9(2)12-8-18(14(19)11-7-15-20-17-11)13-6-4-3-5-10(13)16-12/h3-7,9,12,16H,8H2,1-2H3/t12-/m1/s1. The molecule has 5 nitrogen and oxygen atoms in total. The molecule has 0 fully saturated rings. The lowest BCUT2D eigenvalue weighted by Crippen LogP contribution is -2.47. The van der Waals surface area contributed by atoms with E-state index in [0.717, 1.165) is 23.1 Å². The second-order valence-electron chi connectivity index (χ2n) is 5.22. The molecule has 0 spiro atoms. The number of benzene rings is 1. The number of carbonyl (C=O) groups excluding carboxylic acids is 1. The van der Waals surface area contributed by atoms with Gasteiger partial charge in [0.15, 0.2) is 5.69 Å². The van der Waals surface area contributed by atoms with Crippen LogP contribution < -0.4 is 10.2 Å². The first-order valence-corrected chi connectivity index (χ1v) is 7.35. The van der Waals surface area contributed by atoms with Gasteiger partial charge in [0.2, 0.25) is 0 Å². The summed E-state index contributed by atoms with van der Waals surface area (Å²) in [6.07, 6.45) is 1.53. The van der Waals surface area contributed by atoms with E-state index < -0.39 is 0 Å². The molecule has 0 bridgehead atoms. The molecule has 3 rings (SSSR count). The molecule has 104 valence electrons. The Morgan fingerprint density at radius 2 is 2.25 bits per heavy atom. The number of carbonyl (C=O) groups is 1. The number of aromatic nitrogens is 2. The van der Waals surface area contributed by atoms with Crippen LogP contribution in [-0.2, 0) is 0 Å². The number of para-hydroxylation sites is 2. The van der Waals surface area contributed by atoms with Gasteiger partial charge in [0.1, 0.15) is 0 Å². The molecule has 6 heteroatoms. The Hall–Kier alpha value is -1.95. The molecule has 0 radical (unpaired) electrons. The van der Waals surface area contributed by atoms with Gasteiger partial charge in [0.25, 0.3) is 5.91 Å². The van der Waals surface area contributed by atoms with E-state index in [9.17, 15) is 4.79 Å². The third-order valence-corrected chi connectivity index (χ3v) is 4.02. The van der Waals surface area contributed by atoms with E-state index in [2.05, 4.69) is 27.9 Å². The van der Waals surface area contributed by atoms with E-state index in [-0.39, 0.29) is 11.9 Å². The van der Waals surface area contributed by atoms with Crippen molar-refractivity contribution < 1.29 is 4.79 Å². The van der Waals surface area contributed by atoms with E-state index in [1.54, 1.807) is 4.90 Å².